The molecule has 0 bridgehead atoms. The first-order valence-electron chi connectivity index (χ1n) is 5.72. The maximum absolute atomic E-state index is 11.8. The Morgan fingerprint density at radius 1 is 1.47 bits per heavy atom. The van der Waals surface area contributed by atoms with Crippen LogP contribution in [-0.2, 0) is 4.79 Å². The Morgan fingerprint density at radius 2 is 2.00 bits per heavy atom. The summed E-state index contributed by atoms with van der Waals surface area (Å²) in [6, 6.07) is 0. The van der Waals surface area contributed by atoms with Crippen LogP contribution in [-0.4, -0.2) is 17.3 Å². The Balaban J connectivity index is 2.24. The zero-order chi connectivity index (χ0) is 11.6. The summed E-state index contributed by atoms with van der Waals surface area (Å²) in [7, 11) is 0. The van der Waals surface area contributed by atoms with Crippen molar-refractivity contribution in [1.29, 1.82) is 0 Å². The van der Waals surface area contributed by atoms with Gasteiger partial charge in [-0.15, -0.1) is 0 Å². The second kappa shape index (κ2) is 4.86. The van der Waals surface area contributed by atoms with Gasteiger partial charge >= 0.3 is 0 Å². The van der Waals surface area contributed by atoms with E-state index in [1.807, 2.05) is 6.92 Å². The molecule has 1 aliphatic carbocycles. The summed E-state index contributed by atoms with van der Waals surface area (Å²) in [4.78, 5) is 12.5. The standard InChI is InChI=1S/C12H22BrNO/c1-8(12(2,3)4)11(15)14-7-9-5-10(13)6-9/h8-10H,5-7H2,1-4H3,(H,14,15). The zero-order valence-electron chi connectivity index (χ0n) is 10.1. The van der Waals surface area contributed by atoms with E-state index in [1.54, 1.807) is 0 Å². The Hall–Kier alpha value is -0.0500. The zero-order valence-corrected chi connectivity index (χ0v) is 11.7. The van der Waals surface area contributed by atoms with Crippen molar-refractivity contribution in [2.45, 2.75) is 45.4 Å². The highest BCUT2D eigenvalue weighted by atomic mass is 79.9. The lowest BCUT2D eigenvalue weighted by Crippen LogP contribution is -2.41. The van der Waals surface area contributed by atoms with Crippen LogP contribution >= 0.6 is 15.9 Å². The van der Waals surface area contributed by atoms with Crippen LogP contribution in [0.4, 0.5) is 0 Å². The van der Waals surface area contributed by atoms with Crippen LogP contribution in [0.25, 0.3) is 0 Å². The number of carbonyl (C=O) groups is 1. The van der Waals surface area contributed by atoms with Crippen molar-refractivity contribution in [3.05, 3.63) is 0 Å². The first-order valence-corrected chi connectivity index (χ1v) is 6.64. The van der Waals surface area contributed by atoms with Gasteiger partial charge in [0.1, 0.15) is 0 Å². The quantitative estimate of drug-likeness (QED) is 0.789. The average Bonchev–Trinajstić information content (AvgIpc) is 2.07. The summed E-state index contributed by atoms with van der Waals surface area (Å²) in [5.74, 6) is 0.961. The number of carbonyl (C=O) groups excluding carboxylic acids is 1. The van der Waals surface area contributed by atoms with E-state index < -0.39 is 0 Å². The van der Waals surface area contributed by atoms with Crippen LogP contribution in [0, 0.1) is 17.3 Å². The van der Waals surface area contributed by atoms with Gasteiger partial charge in [0, 0.05) is 17.3 Å². The Labute approximate surface area is 101 Å². The third-order valence-corrected chi connectivity index (χ3v) is 4.18. The van der Waals surface area contributed by atoms with E-state index in [4.69, 9.17) is 0 Å². The van der Waals surface area contributed by atoms with Crippen molar-refractivity contribution in [2.75, 3.05) is 6.54 Å². The van der Waals surface area contributed by atoms with Crippen molar-refractivity contribution in [1.82, 2.24) is 5.32 Å². The average molecular weight is 276 g/mol. The van der Waals surface area contributed by atoms with Crippen molar-refractivity contribution < 1.29 is 4.79 Å². The molecule has 1 fully saturated rings. The van der Waals surface area contributed by atoms with Crippen molar-refractivity contribution in [3.63, 3.8) is 0 Å². The summed E-state index contributed by atoms with van der Waals surface area (Å²) >= 11 is 3.56. The van der Waals surface area contributed by atoms with Crippen molar-refractivity contribution >= 4 is 21.8 Å². The summed E-state index contributed by atoms with van der Waals surface area (Å²) in [6.07, 6.45) is 2.40. The molecule has 1 rings (SSSR count). The summed E-state index contributed by atoms with van der Waals surface area (Å²) in [5, 5.41) is 3.05. The van der Waals surface area contributed by atoms with Gasteiger partial charge in [0.05, 0.1) is 0 Å². The van der Waals surface area contributed by atoms with Gasteiger partial charge in [-0.05, 0) is 24.2 Å². The van der Waals surface area contributed by atoms with Crippen LogP contribution in [0.15, 0.2) is 0 Å². The fraction of sp³-hybridized carbons (Fsp3) is 0.917. The number of rotatable bonds is 3. The molecule has 15 heavy (non-hydrogen) atoms. The van der Waals surface area contributed by atoms with E-state index in [1.165, 1.54) is 12.8 Å². The molecule has 1 aliphatic rings. The van der Waals surface area contributed by atoms with E-state index in [-0.39, 0.29) is 17.2 Å². The van der Waals surface area contributed by atoms with Gasteiger partial charge in [-0.25, -0.2) is 0 Å². The number of nitrogens with one attached hydrogen (secondary N) is 1. The fourth-order valence-electron chi connectivity index (χ4n) is 1.61. The Bertz CT molecular complexity index is 228. The molecule has 0 radical (unpaired) electrons. The molecule has 0 aromatic heterocycles. The van der Waals surface area contributed by atoms with Crippen LogP contribution in [0.3, 0.4) is 0 Å². The number of amides is 1. The van der Waals surface area contributed by atoms with Crippen LogP contribution in [0.2, 0.25) is 0 Å². The van der Waals surface area contributed by atoms with Gasteiger partial charge in [0.2, 0.25) is 5.91 Å². The van der Waals surface area contributed by atoms with Gasteiger partial charge in [0.25, 0.3) is 0 Å². The maximum Gasteiger partial charge on any atom is 0.223 e. The largest absolute Gasteiger partial charge is 0.356 e. The van der Waals surface area contributed by atoms with E-state index in [0.717, 1.165) is 6.54 Å². The highest BCUT2D eigenvalue weighted by Gasteiger charge is 2.30. The molecule has 0 aromatic rings. The predicted molar refractivity (Wildman–Crippen MR) is 67.1 cm³/mol. The first-order chi connectivity index (χ1) is 6.80. The van der Waals surface area contributed by atoms with Crippen LogP contribution < -0.4 is 5.32 Å². The molecular formula is C12H22BrNO. The first kappa shape index (κ1) is 13.0. The highest BCUT2D eigenvalue weighted by Crippen LogP contribution is 2.33. The third-order valence-electron chi connectivity index (χ3n) is 3.44. The van der Waals surface area contributed by atoms with Gasteiger partial charge in [-0.2, -0.15) is 0 Å². The summed E-state index contributed by atoms with van der Waals surface area (Å²) < 4.78 is 0. The van der Waals surface area contributed by atoms with Gasteiger partial charge in [-0.1, -0.05) is 43.6 Å². The molecule has 88 valence electrons. The fourth-order valence-corrected chi connectivity index (χ4v) is 2.67. The minimum atomic E-state index is 0.0572. The molecule has 1 atom stereocenters. The molecule has 0 aliphatic heterocycles. The molecule has 0 aromatic carbocycles. The highest BCUT2D eigenvalue weighted by molar-refractivity contribution is 9.09. The van der Waals surface area contributed by atoms with E-state index in [9.17, 15) is 4.79 Å². The number of halogens is 1. The number of alkyl halides is 1. The van der Waals surface area contributed by atoms with Crippen molar-refractivity contribution in [2.24, 2.45) is 17.3 Å². The second-order valence-corrected chi connectivity index (χ2v) is 7.06. The smallest absolute Gasteiger partial charge is 0.223 e. The molecule has 0 saturated heterocycles. The molecule has 1 N–H and O–H groups in total. The van der Waals surface area contributed by atoms with E-state index in [0.29, 0.717) is 10.7 Å². The number of hydrogen-bond donors (Lipinski definition) is 1. The summed E-state index contributed by atoms with van der Waals surface area (Å²) in [6.45, 7) is 9.17. The van der Waals surface area contributed by atoms with Gasteiger partial charge in [0.15, 0.2) is 0 Å². The van der Waals surface area contributed by atoms with Crippen molar-refractivity contribution in [3.8, 4) is 0 Å². The molecule has 3 heteroatoms. The molecule has 0 heterocycles. The van der Waals surface area contributed by atoms with Gasteiger partial charge in [-0.3, -0.25) is 4.79 Å². The molecule has 1 unspecified atom stereocenters. The monoisotopic (exact) mass is 275 g/mol. The summed E-state index contributed by atoms with van der Waals surface area (Å²) in [5.41, 5.74) is 0.0572. The molecule has 1 saturated carbocycles. The topological polar surface area (TPSA) is 29.1 Å². The lowest BCUT2D eigenvalue weighted by atomic mass is 9.81. The molecular weight excluding hydrogens is 254 g/mol. The predicted octanol–water partition coefficient (Wildman–Crippen LogP) is 2.96. The minimum Gasteiger partial charge on any atom is -0.356 e. The SMILES string of the molecule is CC(C(=O)NCC1CC(Br)C1)C(C)(C)C. The van der Waals surface area contributed by atoms with E-state index >= 15 is 0 Å². The number of hydrogen-bond acceptors (Lipinski definition) is 1. The molecule has 0 spiro atoms. The molecule has 2 nitrogen and oxygen atoms in total. The van der Waals surface area contributed by atoms with Gasteiger partial charge < -0.3 is 5.32 Å². The van der Waals surface area contributed by atoms with Crippen LogP contribution in [0.1, 0.15) is 40.5 Å². The molecule has 1 amide bonds. The Morgan fingerprint density at radius 3 is 2.40 bits per heavy atom. The maximum atomic E-state index is 11.8. The van der Waals surface area contributed by atoms with E-state index in [2.05, 4.69) is 42.0 Å². The third kappa shape index (κ3) is 3.78. The second-order valence-electron chi connectivity index (χ2n) is 5.77. The Kier molecular flexibility index (Phi) is 4.21. The lowest BCUT2D eigenvalue weighted by Gasteiger charge is -2.32. The van der Waals surface area contributed by atoms with Crippen LogP contribution in [0.5, 0.6) is 0 Å². The lowest BCUT2D eigenvalue weighted by molar-refractivity contribution is -0.127. The normalized spacial score (nSPS) is 28.1. The minimum absolute atomic E-state index is 0.0572.